The Balaban J connectivity index is 1.38. The fraction of sp³-hybridized carbons (Fsp3) is 0. The van der Waals surface area contributed by atoms with Gasteiger partial charge in [-0.1, -0.05) is 133 Å². The van der Waals surface area contributed by atoms with E-state index < -0.39 is 0 Å². The molecule has 4 heteroatoms. The van der Waals surface area contributed by atoms with Crippen LogP contribution in [0.4, 0.5) is 0 Å². The second kappa shape index (κ2) is 10.2. The molecule has 2 aromatic heterocycles. The Bertz CT molecular complexity index is 2520. The second-order valence-corrected chi connectivity index (χ2v) is 11.2. The zero-order valence-electron chi connectivity index (χ0n) is 24.2. The fourth-order valence-corrected chi connectivity index (χ4v) is 6.42. The summed E-state index contributed by atoms with van der Waals surface area (Å²) < 4.78 is 6.33. The number of hydrogen-bond donors (Lipinski definition) is 0. The smallest absolute Gasteiger partial charge is 0.199 e. The van der Waals surface area contributed by atoms with Gasteiger partial charge in [0.1, 0.15) is 5.58 Å². The Morgan fingerprint density at radius 1 is 0.378 bits per heavy atom. The maximum absolute atomic E-state index is 6.33. The van der Waals surface area contributed by atoms with E-state index in [9.17, 15) is 0 Å². The predicted octanol–water partition coefficient (Wildman–Crippen LogP) is 10.7. The molecule has 0 radical (unpaired) electrons. The van der Waals surface area contributed by atoms with Crippen molar-refractivity contribution in [2.45, 2.75) is 0 Å². The number of furan rings is 1. The van der Waals surface area contributed by atoms with Gasteiger partial charge in [-0.3, -0.25) is 0 Å². The maximum Gasteiger partial charge on any atom is 0.199 e. The Hall–Kier alpha value is -6.13. The molecule has 0 unspecified atom stereocenters. The highest BCUT2D eigenvalue weighted by Crippen LogP contribution is 2.40. The molecule has 0 saturated carbocycles. The summed E-state index contributed by atoms with van der Waals surface area (Å²) in [6, 6.07) is 52.3. The molecular weight excluding hydrogens is 550 g/mol. The molecule has 210 valence electrons. The first-order valence-electron chi connectivity index (χ1n) is 15.0. The van der Waals surface area contributed by atoms with Gasteiger partial charge in [-0.25, -0.2) is 15.0 Å². The predicted molar refractivity (Wildman–Crippen MR) is 184 cm³/mol. The van der Waals surface area contributed by atoms with Crippen molar-refractivity contribution in [3.05, 3.63) is 152 Å². The third kappa shape index (κ3) is 4.27. The van der Waals surface area contributed by atoms with E-state index >= 15 is 0 Å². The minimum absolute atomic E-state index is 0.496. The SMILES string of the molecule is c1ccc(-c2ccccc2-c2nc(-c3cc4ccccc4o3)nc(-c3c4ccccc4cc4c3ccc3ccccc34)n2)cc1. The number of nitrogens with zero attached hydrogens (tertiary/aromatic N) is 3. The standard InChI is InChI=1S/C41H25N3O/c1-2-12-26(13-3-1)30-17-9-10-20-34(30)39-42-40(37-25-29-16-6-11-21-36(29)45-37)44-41(43-39)38-32-19-8-5-15-28(32)24-35-31-18-7-4-14-27(31)22-23-33(35)38/h1-25H. The third-order valence-corrected chi connectivity index (χ3v) is 8.53. The molecule has 0 bridgehead atoms. The number of hydrogen-bond acceptors (Lipinski definition) is 4. The van der Waals surface area contributed by atoms with Gasteiger partial charge >= 0.3 is 0 Å². The normalized spacial score (nSPS) is 11.6. The van der Waals surface area contributed by atoms with E-state index in [1.807, 2.05) is 42.5 Å². The zero-order valence-corrected chi connectivity index (χ0v) is 24.2. The van der Waals surface area contributed by atoms with Crippen molar-refractivity contribution in [1.29, 1.82) is 0 Å². The quantitative estimate of drug-likeness (QED) is 0.155. The Kier molecular flexibility index (Phi) is 5.78. The monoisotopic (exact) mass is 575 g/mol. The highest BCUT2D eigenvalue weighted by atomic mass is 16.3. The number of fused-ring (bicyclic) bond motifs is 5. The fourth-order valence-electron chi connectivity index (χ4n) is 6.42. The number of benzene rings is 7. The third-order valence-electron chi connectivity index (χ3n) is 8.53. The molecule has 45 heavy (non-hydrogen) atoms. The molecule has 2 heterocycles. The first-order valence-corrected chi connectivity index (χ1v) is 15.0. The highest BCUT2D eigenvalue weighted by molar-refractivity contribution is 6.19. The summed E-state index contributed by atoms with van der Waals surface area (Å²) in [6.45, 7) is 0. The van der Waals surface area contributed by atoms with Crippen LogP contribution in [0.2, 0.25) is 0 Å². The van der Waals surface area contributed by atoms with Crippen LogP contribution in [0.1, 0.15) is 0 Å². The molecule has 9 aromatic rings. The lowest BCUT2D eigenvalue weighted by atomic mass is 9.93. The minimum Gasteiger partial charge on any atom is -0.453 e. The Labute approximate surface area is 259 Å². The van der Waals surface area contributed by atoms with Crippen LogP contribution in [0.5, 0.6) is 0 Å². The van der Waals surface area contributed by atoms with Crippen molar-refractivity contribution in [2.24, 2.45) is 0 Å². The van der Waals surface area contributed by atoms with Crippen LogP contribution >= 0.6 is 0 Å². The van der Waals surface area contributed by atoms with Gasteiger partial charge in [0.2, 0.25) is 0 Å². The molecule has 0 amide bonds. The van der Waals surface area contributed by atoms with Crippen molar-refractivity contribution in [1.82, 2.24) is 15.0 Å². The van der Waals surface area contributed by atoms with Crippen molar-refractivity contribution < 1.29 is 4.42 Å². The molecule has 4 nitrogen and oxygen atoms in total. The molecule has 0 spiro atoms. The van der Waals surface area contributed by atoms with E-state index in [1.165, 1.54) is 16.2 Å². The summed E-state index contributed by atoms with van der Waals surface area (Å²) in [4.78, 5) is 15.5. The molecule has 0 aliphatic rings. The van der Waals surface area contributed by atoms with Crippen LogP contribution in [-0.4, -0.2) is 15.0 Å². The number of rotatable bonds is 4. The van der Waals surface area contributed by atoms with Gasteiger partial charge in [-0.2, -0.15) is 0 Å². The van der Waals surface area contributed by atoms with E-state index in [4.69, 9.17) is 19.4 Å². The summed E-state index contributed by atoms with van der Waals surface area (Å²) in [6.07, 6.45) is 0. The maximum atomic E-state index is 6.33. The van der Waals surface area contributed by atoms with Crippen LogP contribution in [-0.2, 0) is 0 Å². The minimum atomic E-state index is 0.496. The molecular formula is C41H25N3O. The first-order chi connectivity index (χ1) is 22.3. The van der Waals surface area contributed by atoms with Gasteiger partial charge in [0.05, 0.1) is 0 Å². The van der Waals surface area contributed by atoms with Crippen LogP contribution in [0.15, 0.2) is 156 Å². The van der Waals surface area contributed by atoms with Crippen molar-refractivity contribution >= 4 is 43.3 Å². The largest absolute Gasteiger partial charge is 0.453 e. The molecule has 0 aliphatic heterocycles. The van der Waals surface area contributed by atoms with Crippen molar-refractivity contribution in [3.63, 3.8) is 0 Å². The molecule has 0 saturated heterocycles. The summed E-state index contributed by atoms with van der Waals surface area (Å²) in [5, 5.41) is 7.88. The van der Waals surface area contributed by atoms with Crippen LogP contribution in [0, 0.1) is 0 Å². The average molecular weight is 576 g/mol. The molecule has 0 fully saturated rings. The molecule has 9 rings (SSSR count). The van der Waals surface area contributed by atoms with E-state index in [-0.39, 0.29) is 0 Å². The molecule has 0 N–H and O–H groups in total. The summed E-state index contributed by atoms with van der Waals surface area (Å²) in [5.41, 5.74) is 4.86. The highest BCUT2D eigenvalue weighted by Gasteiger charge is 2.21. The second-order valence-electron chi connectivity index (χ2n) is 11.2. The average Bonchev–Trinajstić information content (AvgIpc) is 3.55. The lowest BCUT2D eigenvalue weighted by Crippen LogP contribution is -2.01. The molecule has 0 atom stereocenters. The van der Waals surface area contributed by atoms with E-state index in [0.29, 0.717) is 23.2 Å². The van der Waals surface area contributed by atoms with Gasteiger partial charge in [0, 0.05) is 16.5 Å². The lowest BCUT2D eigenvalue weighted by Gasteiger charge is -2.15. The molecule has 7 aromatic carbocycles. The van der Waals surface area contributed by atoms with E-state index in [0.717, 1.165) is 49.4 Å². The van der Waals surface area contributed by atoms with Crippen LogP contribution < -0.4 is 0 Å². The van der Waals surface area contributed by atoms with Crippen LogP contribution in [0.3, 0.4) is 0 Å². The molecule has 0 aliphatic carbocycles. The zero-order chi connectivity index (χ0) is 29.7. The summed E-state index contributed by atoms with van der Waals surface area (Å²) in [7, 11) is 0. The first kappa shape index (κ1) is 25.4. The van der Waals surface area contributed by atoms with Gasteiger partial charge in [0.25, 0.3) is 0 Å². The van der Waals surface area contributed by atoms with Gasteiger partial charge < -0.3 is 4.42 Å². The van der Waals surface area contributed by atoms with Crippen LogP contribution in [0.25, 0.3) is 88.8 Å². The lowest BCUT2D eigenvalue weighted by molar-refractivity contribution is 0.625. The van der Waals surface area contributed by atoms with E-state index in [2.05, 4.69) is 109 Å². The number of aromatic nitrogens is 3. The number of para-hydroxylation sites is 1. The van der Waals surface area contributed by atoms with Gasteiger partial charge in [-0.15, -0.1) is 0 Å². The topological polar surface area (TPSA) is 51.8 Å². The van der Waals surface area contributed by atoms with Crippen molar-refractivity contribution in [2.75, 3.05) is 0 Å². The van der Waals surface area contributed by atoms with Gasteiger partial charge in [-0.05, 0) is 61.6 Å². The van der Waals surface area contributed by atoms with E-state index in [1.54, 1.807) is 0 Å². The summed E-state index contributed by atoms with van der Waals surface area (Å²) >= 11 is 0. The van der Waals surface area contributed by atoms with Gasteiger partial charge in [0.15, 0.2) is 23.2 Å². The Morgan fingerprint density at radius 3 is 1.87 bits per heavy atom. The van der Waals surface area contributed by atoms with Crippen molar-refractivity contribution in [3.8, 4) is 45.5 Å². The Morgan fingerprint density at radius 2 is 1.02 bits per heavy atom. The summed E-state index contributed by atoms with van der Waals surface area (Å²) in [5.74, 6) is 2.30.